The van der Waals surface area contributed by atoms with E-state index >= 15 is 0 Å². The maximum absolute atomic E-state index is 12.8. The number of ketones is 1. The SMILES string of the molecule is CC[C@@H](CC(=O)OC(Cl)C(C)C)c1ccc(N(CC(C)C)CC(C)C)c(CCCC(=O)CCCc2ccc(C)cc2)c1. The number of nitrogens with zero attached hydrogens (tertiary/aromatic N) is 1. The highest BCUT2D eigenvalue weighted by Crippen LogP contribution is 2.32. The first-order valence-electron chi connectivity index (χ1n) is 16.2. The number of hydrogen-bond donors (Lipinski definition) is 0. The Morgan fingerprint density at radius 3 is 2.00 bits per heavy atom. The van der Waals surface area contributed by atoms with Gasteiger partial charge in [0.1, 0.15) is 5.78 Å². The lowest BCUT2D eigenvalue weighted by Gasteiger charge is -2.31. The van der Waals surface area contributed by atoms with Crippen molar-refractivity contribution in [3.8, 4) is 0 Å². The number of anilines is 1. The molecule has 2 rings (SSSR count). The fraction of sp³-hybridized carbons (Fsp3) is 0.622. The summed E-state index contributed by atoms with van der Waals surface area (Å²) in [7, 11) is 0. The number of benzene rings is 2. The second-order valence-electron chi connectivity index (χ2n) is 13.2. The van der Waals surface area contributed by atoms with E-state index in [1.54, 1.807) is 0 Å². The largest absolute Gasteiger partial charge is 0.446 e. The Kier molecular flexibility index (Phi) is 15.7. The average Bonchev–Trinajstić information content (AvgIpc) is 2.91. The second-order valence-corrected chi connectivity index (χ2v) is 13.6. The minimum absolute atomic E-state index is 0.0633. The van der Waals surface area contributed by atoms with Gasteiger partial charge < -0.3 is 9.64 Å². The van der Waals surface area contributed by atoms with Gasteiger partial charge in [-0.3, -0.25) is 9.59 Å². The highest BCUT2D eigenvalue weighted by molar-refractivity contribution is 6.20. The van der Waals surface area contributed by atoms with Crippen molar-refractivity contribution in [3.05, 3.63) is 64.7 Å². The molecule has 0 bridgehead atoms. The quantitative estimate of drug-likeness (QED) is 0.119. The van der Waals surface area contributed by atoms with E-state index in [1.165, 1.54) is 22.4 Å². The smallest absolute Gasteiger partial charge is 0.307 e. The molecule has 0 fully saturated rings. The number of aryl methyl sites for hydroxylation is 3. The zero-order valence-electron chi connectivity index (χ0n) is 27.5. The summed E-state index contributed by atoms with van der Waals surface area (Å²) in [4.78, 5) is 28.0. The third-order valence-electron chi connectivity index (χ3n) is 7.70. The molecule has 0 spiro atoms. The van der Waals surface area contributed by atoms with Crippen molar-refractivity contribution in [1.82, 2.24) is 0 Å². The number of Topliss-reactive ketones (excluding diaryl/α,β-unsaturated/α-hetero) is 1. The molecule has 0 aliphatic rings. The molecule has 0 radical (unpaired) electrons. The van der Waals surface area contributed by atoms with Crippen molar-refractivity contribution in [2.45, 2.75) is 118 Å². The molecule has 4 nitrogen and oxygen atoms in total. The van der Waals surface area contributed by atoms with E-state index in [4.69, 9.17) is 16.3 Å². The van der Waals surface area contributed by atoms with Crippen LogP contribution >= 0.6 is 11.6 Å². The van der Waals surface area contributed by atoms with Crippen LogP contribution in [-0.2, 0) is 27.2 Å². The van der Waals surface area contributed by atoms with E-state index in [0.29, 0.717) is 36.9 Å². The number of carbonyl (C=O) groups is 2. The van der Waals surface area contributed by atoms with Gasteiger partial charge in [0.05, 0.1) is 6.42 Å². The van der Waals surface area contributed by atoms with Crippen molar-refractivity contribution in [3.63, 3.8) is 0 Å². The molecule has 0 aliphatic carbocycles. The molecule has 1 unspecified atom stereocenters. The van der Waals surface area contributed by atoms with Crippen molar-refractivity contribution in [1.29, 1.82) is 0 Å². The van der Waals surface area contributed by atoms with E-state index in [0.717, 1.165) is 50.8 Å². The lowest BCUT2D eigenvalue weighted by atomic mass is 9.90. The fourth-order valence-electron chi connectivity index (χ4n) is 5.38. The zero-order valence-corrected chi connectivity index (χ0v) is 28.3. The van der Waals surface area contributed by atoms with Crippen molar-refractivity contribution < 1.29 is 14.3 Å². The third kappa shape index (κ3) is 12.9. The van der Waals surface area contributed by atoms with Crippen molar-refractivity contribution in [2.75, 3.05) is 18.0 Å². The summed E-state index contributed by atoms with van der Waals surface area (Å²) < 4.78 is 5.48. The molecule has 42 heavy (non-hydrogen) atoms. The van der Waals surface area contributed by atoms with E-state index in [2.05, 4.69) is 88.9 Å². The van der Waals surface area contributed by atoms with Gasteiger partial charge in [-0.1, -0.05) is 102 Å². The fourth-order valence-corrected chi connectivity index (χ4v) is 5.47. The summed E-state index contributed by atoms with van der Waals surface area (Å²) >= 11 is 6.22. The van der Waals surface area contributed by atoms with Crippen LogP contribution in [0, 0.1) is 24.7 Å². The number of halogens is 1. The van der Waals surface area contributed by atoms with Crippen LogP contribution < -0.4 is 4.90 Å². The van der Waals surface area contributed by atoms with Gasteiger partial charge in [0.2, 0.25) is 0 Å². The van der Waals surface area contributed by atoms with Crippen LogP contribution in [0.1, 0.15) is 115 Å². The molecule has 0 saturated heterocycles. The first kappa shape index (κ1) is 35.9. The van der Waals surface area contributed by atoms with Crippen LogP contribution in [0.3, 0.4) is 0 Å². The van der Waals surface area contributed by atoms with E-state index < -0.39 is 5.56 Å². The molecule has 0 saturated carbocycles. The summed E-state index contributed by atoms with van der Waals surface area (Å²) in [5.41, 5.74) is 5.63. The normalized spacial score (nSPS) is 13.0. The molecular weight excluding hydrogens is 542 g/mol. The molecule has 2 aromatic carbocycles. The first-order chi connectivity index (χ1) is 19.9. The predicted molar refractivity (Wildman–Crippen MR) is 179 cm³/mol. The average molecular weight is 598 g/mol. The van der Waals surface area contributed by atoms with Gasteiger partial charge in [0.15, 0.2) is 5.56 Å². The highest BCUT2D eigenvalue weighted by Gasteiger charge is 2.22. The number of esters is 1. The number of alkyl halides is 1. The minimum Gasteiger partial charge on any atom is -0.446 e. The molecular formula is C37H56ClNO3. The Morgan fingerprint density at radius 1 is 0.857 bits per heavy atom. The lowest BCUT2D eigenvalue weighted by Crippen LogP contribution is -2.32. The molecule has 0 heterocycles. The summed E-state index contributed by atoms with van der Waals surface area (Å²) in [5.74, 6) is 1.30. The standard InChI is InChI=1S/C37H56ClNO3/c1-9-31(23-36(41)42-37(38)28(6)7)32-20-21-35(39(24-26(2)3)25-27(4)5)33(22-32)13-11-15-34(40)14-10-12-30-18-16-29(8)17-19-30/h16-22,26-28,31,37H,9-15,23-25H2,1-8H3/t31-,37?/m0/s1. The Balaban J connectivity index is 2.16. The van der Waals surface area contributed by atoms with Crippen LogP contribution in [0.4, 0.5) is 5.69 Å². The molecule has 2 aromatic rings. The lowest BCUT2D eigenvalue weighted by molar-refractivity contribution is -0.147. The molecule has 5 heteroatoms. The van der Waals surface area contributed by atoms with Crippen LogP contribution in [0.2, 0.25) is 0 Å². The highest BCUT2D eigenvalue weighted by atomic mass is 35.5. The molecule has 2 atom stereocenters. The number of rotatable bonds is 19. The summed E-state index contributed by atoms with van der Waals surface area (Å²) in [6.07, 6.45) is 5.90. The van der Waals surface area contributed by atoms with Crippen LogP contribution in [0.15, 0.2) is 42.5 Å². The topological polar surface area (TPSA) is 46.6 Å². The Hall–Kier alpha value is -2.33. The summed E-state index contributed by atoms with van der Waals surface area (Å²) in [6.45, 7) is 19.1. The van der Waals surface area contributed by atoms with Gasteiger partial charge in [-0.15, -0.1) is 0 Å². The van der Waals surface area contributed by atoms with Gasteiger partial charge >= 0.3 is 5.97 Å². The maximum atomic E-state index is 12.8. The summed E-state index contributed by atoms with van der Waals surface area (Å²) in [5, 5.41) is 0. The maximum Gasteiger partial charge on any atom is 0.307 e. The molecule has 0 aromatic heterocycles. The number of carbonyl (C=O) groups excluding carboxylic acids is 2. The third-order valence-corrected chi connectivity index (χ3v) is 8.30. The first-order valence-corrected chi connectivity index (χ1v) is 16.6. The van der Waals surface area contributed by atoms with E-state index in [9.17, 15) is 9.59 Å². The van der Waals surface area contributed by atoms with Gasteiger partial charge in [-0.05, 0) is 79.5 Å². The van der Waals surface area contributed by atoms with Gasteiger partial charge in [0, 0.05) is 37.5 Å². The second kappa shape index (κ2) is 18.4. The molecule has 0 aliphatic heterocycles. The van der Waals surface area contributed by atoms with E-state index in [1.807, 2.05) is 13.8 Å². The van der Waals surface area contributed by atoms with E-state index in [-0.39, 0.29) is 17.8 Å². The Bertz CT molecular complexity index is 1080. The monoisotopic (exact) mass is 597 g/mol. The van der Waals surface area contributed by atoms with Crippen LogP contribution in [0.25, 0.3) is 0 Å². The Morgan fingerprint density at radius 2 is 1.45 bits per heavy atom. The van der Waals surface area contributed by atoms with Crippen molar-refractivity contribution >= 4 is 29.0 Å². The molecule has 0 N–H and O–H groups in total. The zero-order chi connectivity index (χ0) is 31.2. The number of hydrogen-bond acceptors (Lipinski definition) is 4. The predicted octanol–water partition coefficient (Wildman–Crippen LogP) is 9.68. The summed E-state index contributed by atoms with van der Waals surface area (Å²) in [6, 6.07) is 15.3. The van der Waals surface area contributed by atoms with Crippen LogP contribution in [-0.4, -0.2) is 30.4 Å². The van der Waals surface area contributed by atoms with Crippen molar-refractivity contribution in [2.24, 2.45) is 17.8 Å². The van der Waals surface area contributed by atoms with Crippen LogP contribution in [0.5, 0.6) is 0 Å². The molecule has 0 amide bonds. The van der Waals surface area contributed by atoms with Gasteiger partial charge in [0.25, 0.3) is 0 Å². The van der Waals surface area contributed by atoms with Gasteiger partial charge in [-0.2, -0.15) is 0 Å². The number of ether oxygens (including phenoxy) is 1. The van der Waals surface area contributed by atoms with Gasteiger partial charge in [-0.25, -0.2) is 0 Å². The Labute approximate surface area is 261 Å². The molecule has 234 valence electrons. The minimum atomic E-state index is -0.608.